The van der Waals surface area contributed by atoms with E-state index in [-0.39, 0.29) is 23.2 Å². The van der Waals surface area contributed by atoms with Gasteiger partial charge in [-0.1, -0.05) is 17.3 Å². The molecule has 3 aromatic heterocycles. The predicted molar refractivity (Wildman–Crippen MR) is 106 cm³/mol. The Morgan fingerprint density at radius 2 is 1.67 bits per heavy atom. The van der Waals surface area contributed by atoms with Crippen molar-refractivity contribution in [2.75, 3.05) is 26.2 Å². The number of aromatic nitrogens is 3. The monoisotopic (exact) mass is 408 g/mol. The molecule has 1 aliphatic heterocycles. The molecule has 1 fully saturated rings. The van der Waals surface area contributed by atoms with Crippen molar-refractivity contribution in [3.63, 3.8) is 0 Å². The summed E-state index contributed by atoms with van der Waals surface area (Å²) in [6.07, 6.45) is 3.49. The molecule has 0 atom stereocenters. The quantitative estimate of drug-likeness (QED) is 0.466. The van der Waals surface area contributed by atoms with E-state index < -0.39 is 10.8 Å². The Balaban J connectivity index is 1.53. The molecule has 4 heterocycles. The number of pyridine rings is 2. The largest absolute Gasteiger partial charge is 0.353 e. The molecule has 10 heteroatoms. The molecule has 4 rings (SSSR count). The molecule has 0 spiro atoms. The van der Waals surface area contributed by atoms with Gasteiger partial charge in [0.2, 0.25) is 11.5 Å². The average molecular weight is 408 g/mol. The highest BCUT2D eigenvalue weighted by Gasteiger charge is 2.35. The van der Waals surface area contributed by atoms with Gasteiger partial charge in [0.15, 0.2) is 0 Å². The number of nitro groups is 1. The van der Waals surface area contributed by atoms with Crippen molar-refractivity contribution < 1.29 is 14.2 Å². The van der Waals surface area contributed by atoms with Gasteiger partial charge in [0.1, 0.15) is 0 Å². The summed E-state index contributed by atoms with van der Waals surface area (Å²) in [6.45, 7) is 3.35. The van der Waals surface area contributed by atoms with E-state index in [1.807, 2.05) is 36.4 Å². The molecular weight excluding hydrogens is 388 g/mol. The average Bonchev–Trinajstić information content (AvgIpc) is 3.17. The highest BCUT2D eigenvalue weighted by Crippen LogP contribution is 2.28. The molecule has 0 radical (unpaired) electrons. The number of hydrogen-bond donors (Lipinski definition) is 0. The molecule has 1 aliphatic rings. The van der Waals surface area contributed by atoms with Crippen LogP contribution in [0.2, 0.25) is 0 Å². The van der Waals surface area contributed by atoms with Crippen LogP contribution in [-0.2, 0) is 0 Å². The molecular formula is C20H20N6O4. The van der Waals surface area contributed by atoms with Crippen molar-refractivity contribution in [2.45, 2.75) is 13.0 Å². The number of piperazine rings is 1. The number of rotatable bonds is 5. The second kappa shape index (κ2) is 8.37. The Hall–Kier alpha value is -3.66. The Labute approximate surface area is 172 Å². The Morgan fingerprint density at radius 3 is 2.17 bits per heavy atom. The molecule has 1 amide bonds. The fourth-order valence-corrected chi connectivity index (χ4v) is 3.66. The molecule has 10 nitrogen and oxygen atoms in total. The van der Waals surface area contributed by atoms with Gasteiger partial charge in [-0.15, -0.1) is 0 Å². The van der Waals surface area contributed by atoms with Gasteiger partial charge in [0, 0.05) is 45.5 Å². The van der Waals surface area contributed by atoms with Crippen LogP contribution in [0.1, 0.15) is 33.7 Å². The normalized spacial score (nSPS) is 14.8. The minimum Gasteiger partial charge on any atom is -0.353 e. The first-order valence-electron chi connectivity index (χ1n) is 9.52. The zero-order chi connectivity index (χ0) is 21.1. The maximum absolute atomic E-state index is 12.8. The van der Waals surface area contributed by atoms with Crippen molar-refractivity contribution >= 4 is 11.6 Å². The van der Waals surface area contributed by atoms with Crippen LogP contribution in [0.15, 0.2) is 53.3 Å². The van der Waals surface area contributed by atoms with Crippen LogP contribution < -0.4 is 0 Å². The second-order valence-corrected chi connectivity index (χ2v) is 6.93. The summed E-state index contributed by atoms with van der Waals surface area (Å²) in [5.41, 5.74) is 1.12. The number of carbonyl (C=O) groups is 1. The Morgan fingerprint density at radius 1 is 1.07 bits per heavy atom. The summed E-state index contributed by atoms with van der Waals surface area (Å²) in [6, 6.07) is 11.4. The van der Waals surface area contributed by atoms with E-state index in [4.69, 9.17) is 4.52 Å². The molecule has 154 valence electrons. The van der Waals surface area contributed by atoms with E-state index in [1.165, 1.54) is 6.92 Å². The molecule has 3 aromatic rings. The van der Waals surface area contributed by atoms with Crippen molar-refractivity contribution in [3.05, 3.63) is 81.7 Å². The van der Waals surface area contributed by atoms with Gasteiger partial charge in [0.05, 0.1) is 22.4 Å². The molecule has 30 heavy (non-hydrogen) atoms. The van der Waals surface area contributed by atoms with Crippen LogP contribution >= 0.6 is 0 Å². The van der Waals surface area contributed by atoms with Crippen molar-refractivity contribution in [1.29, 1.82) is 0 Å². The van der Waals surface area contributed by atoms with Crippen LogP contribution in [0.4, 0.5) is 5.69 Å². The van der Waals surface area contributed by atoms with Crippen LogP contribution in [-0.4, -0.2) is 61.9 Å². The lowest BCUT2D eigenvalue weighted by Crippen LogP contribution is -2.50. The summed E-state index contributed by atoms with van der Waals surface area (Å²) >= 11 is 0. The Kier molecular flexibility index (Phi) is 5.48. The van der Waals surface area contributed by atoms with Crippen LogP contribution in [0.25, 0.3) is 0 Å². The van der Waals surface area contributed by atoms with Gasteiger partial charge in [-0.25, -0.2) is 0 Å². The number of hydrogen-bond acceptors (Lipinski definition) is 8. The van der Waals surface area contributed by atoms with E-state index in [1.54, 1.807) is 17.3 Å². The summed E-state index contributed by atoms with van der Waals surface area (Å²) in [7, 11) is 0. The summed E-state index contributed by atoms with van der Waals surface area (Å²) in [5.74, 6) is -0.474. The maximum atomic E-state index is 12.8. The Bertz CT molecular complexity index is 992. The fraction of sp³-hybridized carbons (Fsp3) is 0.300. The molecule has 1 saturated heterocycles. The van der Waals surface area contributed by atoms with Gasteiger partial charge in [-0.05, 0) is 24.3 Å². The lowest BCUT2D eigenvalue weighted by Gasteiger charge is -2.38. The summed E-state index contributed by atoms with van der Waals surface area (Å²) in [5, 5.41) is 14.9. The van der Waals surface area contributed by atoms with E-state index in [9.17, 15) is 14.9 Å². The maximum Gasteiger partial charge on any atom is 0.344 e. The third-order valence-electron chi connectivity index (χ3n) is 5.12. The third-order valence-corrected chi connectivity index (χ3v) is 5.12. The number of aryl methyl sites for hydroxylation is 1. The van der Waals surface area contributed by atoms with E-state index >= 15 is 0 Å². The van der Waals surface area contributed by atoms with Crippen LogP contribution in [0.3, 0.4) is 0 Å². The lowest BCUT2D eigenvalue weighted by atomic mass is 10.1. The molecule has 0 bridgehead atoms. The minimum atomic E-state index is -0.631. The molecule has 0 unspecified atom stereocenters. The lowest BCUT2D eigenvalue weighted by molar-refractivity contribution is -0.386. The van der Waals surface area contributed by atoms with E-state index in [2.05, 4.69) is 20.0 Å². The highest BCUT2D eigenvalue weighted by molar-refractivity contribution is 5.96. The zero-order valence-electron chi connectivity index (χ0n) is 16.3. The van der Waals surface area contributed by atoms with Crippen molar-refractivity contribution in [3.8, 4) is 0 Å². The number of carbonyl (C=O) groups excluding carboxylic acids is 1. The minimum absolute atomic E-state index is 0.0207. The van der Waals surface area contributed by atoms with Crippen LogP contribution in [0, 0.1) is 17.0 Å². The number of nitrogens with zero attached hydrogens (tertiary/aromatic N) is 6. The highest BCUT2D eigenvalue weighted by atomic mass is 16.6. The van der Waals surface area contributed by atoms with Crippen molar-refractivity contribution in [2.24, 2.45) is 0 Å². The first-order valence-corrected chi connectivity index (χ1v) is 9.52. The van der Waals surface area contributed by atoms with Gasteiger partial charge >= 0.3 is 5.69 Å². The molecule has 0 saturated carbocycles. The molecule has 0 N–H and O–H groups in total. The third kappa shape index (κ3) is 3.77. The van der Waals surface area contributed by atoms with E-state index in [0.29, 0.717) is 26.2 Å². The fourth-order valence-electron chi connectivity index (χ4n) is 3.66. The predicted octanol–water partition coefficient (Wildman–Crippen LogP) is 2.23. The first-order chi connectivity index (χ1) is 14.6. The first kappa shape index (κ1) is 19.6. The smallest absolute Gasteiger partial charge is 0.344 e. The standard InChI is InChI=1S/C20H20N6O4/c1-14-18(26(28)29)17(23-30-14)20(27)25-12-10-24(11-13-25)19(15-6-2-4-8-21-15)16-7-3-5-9-22-16/h2-9,19H,10-13H2,1H3. The summed E-state index contributed by atoms with van der Waals surface area (Å²) in [4.78, 5) is 36.2. The van der Waals surface area contributed by atoms with Gasteiger partial charge in [-0.3, -0.25) is 29.8 Å². The zero-order valence-corrected chi connectivity index (χ0v) is 16.3. The van der Waals surface area contributed by atoms with Gasteiger partial charge < -0.3 is 9.42 Å². The topological polar surface area (TPSA) is 119 Å². The SMILES string of the molecule is Cc1onc(C(=O)N2CCN(C(c3ccccn3)c3ccccn3)CC2)c1[N+](=O)[O-]. The van der Waals surface area contributed by atoms with E-state index in [0.717, 1.165) is 11.4 Å². The van der Waals surface area contributed by atoms with Crippen molar-refractivity contribution in [1.82, 2.24) is 24.9 Å². The molecule has 0 aliphatic carbocycles. The van der Waals surface area contributed by atoms with Crippen LogP contribution in [0.5, 0.6) is 0 Å². The number of amides is 1. The second-order valence-electron chi connectivity index (χ2n) is 6.93. The van der Waals surface area contributed by atoms with Gasteiger partial charge in [0.25, 0.3) is 5.91 Å². The molecule has 0 aromatic carbocycles. The summed E-state index contributed by atoms with van der Waals surface area (Å²) < 4.78 is 4.88. The van der Waals surface area contributed by atoms with Gasteiger partial charge in [-0.2, -0.15) is 0 Å².